The van der Waals surface area contributed by atoms with E-state index in [2.05, 4.69) is 25.1 Å². The van der Waals surface area contributed by atoms with Crippen LogP contribution in [0.5, 0.6) is 0 Å². The lowest BCUT2D eigenvalue weighted by molar-refractivity contribution is -0.125. The molecule has 160 valence electrons. The monoisotopic (exact) mass is 413 g/mol. The van der Waals surface area contributed by atoms with Gasteiger partial charge < -0.3 is 20.2 Å². The number of carbonyl (C=O) groups is 1. The van der Waals surface area contributed by atoms with Crippen LogP contribution >= 0.6 is 0 Å². The average molecular weight is 413 g/mol. The lowest BCUT2D eigenvalue weighted by atomic mass is 9.96. The van der Waals surface area contributed by atoms with Crippen LogP contribution in [0.4, 0.5) is 16.0 Å². The fraction of sp³-hybridized carbons (Fsp3) is 0.500. The van der Waals surface area contributed by atoms with E-state index in [1.165, 1.54) is 12.1 Å². The normalized spacial score (nSPS) is 19.9. The Hall–Kier alpha value is -2.74. The second-order valence-electron chi connectivity index (χ2n) is 8.01. The summed E-state index contributed by atoms with van der Waals surface area (Å²) in [5.41, 5.74) is 0.888. The average Bonchev–Trinajstić information content (AvgIpc) is 3.28. The van der Waals surface area contributed by atoms with Gasteiger partial charge in [0.2, 0.25) is 5.91 Å². The van der Waals surface area contributed by atoms with E-state index in [-0.39, 0.29) is 30.3 Å². The number of piperidine rings is 1. The predicted octanol–water partition coefficient (Wildman–Crippen LogP) is 2.11. The number of rotatable bonds is 6. The molecule has 2 aromatic rings. The number of halogens is 1. The summed E-state index contributed by atoms with van der Waals surface area (Å²) in [7, 11) is 0. The van der Waals surface area contributed by atoms with E-state index in [9.17, 15) is 14.3 Å². The highest BCUT2D eigenvalue weighted by atomic mass is 19.1. The van der Waals surface area contributed by atoms with Crippen LogP contribution in [0, 0.1) is 11.7 Å². The Kier molecular flexibility index (Phi) is 6.42. The van der Waals surface area contributed by atoms with Crippen LogP contribution < -0.4 is 15.1 Å². The van der Waals surface area contributed by atoms with Crippen LogP contribution in [0.25, 0.3) is 0 Å². The third kappa shape index (κ3) is 4.70. The summed E-state index contributed by atoms with van der Waals surface area (Å²) >= 11 is 0. The molecule has 0 radical (unpaired) electrons. The van der Waals surface area contributed by atoms with Crippen LogP contribution in [0.3, 0.4) is 0 Å². The minimum absolute atomic E-state index is 0.0274. The van der Waals surface area contributed by atoms with E-state index in [4.69, 9.17) is 0 Å². The second kappa shape index (κ2) is 9.38. The summed E-state index contributed by atoms with van der Waals surface area (Å²) in [6.07, 6.45) is 5.14. The van der Waals surface area contributed by atoms with Crippen LogP contribution in [0.2, 0.25) is 0 Å². The third-order valence-corrected chi connectivity index (χ3v) is 6.09. The number of aliphatic hydroxyl groups excluding tert-OH is 1. The van der Waals surface area contributed by atoms with Gasteiger partial charge in [-0.25, -0.2) is 14.4 Å². The molecule has 0 aliphatic carbocycles. The molecule has 2 aliphatic heterocycles. The molecular weight excluding hydrogens is 385 g/mol. The summed E-state index contributed by atoms with van der Waals surface area (Å²) in [4.78, 5) is 25.7. The molecule has 7 nitrogen and oxygen atoms in total. The van der Waals surface area contributed by atoms with Crippen molar-refractivity contribution in [3.63, 3.8) is 0 Å². The molecule has 2 N–H and O–H groups in total. The molecule has 1 amide bonds. The highest BCUT2D eigenvalue weighted by Gasteiger charge is 2.28. The quantitative estimate of drug-likeness (QED) is 0.755. The zero-order valence-corrected chi connectivity index (χ0v) is 17.0. The molecule has 0 spiro atoms. The Morgan fingerprint density at radius 1 is 1.10 bits per heavy atom. The van der Waals surface area contributed by atoms with E-state index in [0.717, 1.165) is 62.5 Å². The number of hydrogen-bond acceptors (Lipinski definition) is 6. The largest absolute Gasteiger partial charge is 0.394 e. The summed E-state index contributed by atoms with van der Waals surface area (Å²) in [5.74, 6) is 1.47. The molecular formula is C22H28FN5O2. The third-order valence-electron chi connectivity index (χ3n) is 6.09. The van der Waals surface area contributed by atoms with Crippen molar-refractivity contribution in [3.05, 3.63) is 48.0 Å². The first kappa shape index (κ1) is 20.5. The number of amides is 1. The molecule has 4 rings (SSSR count). The Morgan fingerprint density at radius 2 is 1.83 bits per heavy atom. The molecule has 1 unspecified atom stereocenters. The Labute approximate surface area is 175 Å². The van der Waals surface area contributed by atoms with Gasteiger partial charge in [-0.2, -0.15) is 0 Å². The molecule has 2 aliphatic rings. The summed E-state index contributed by atoms with van der Waals surface area (Å²) in [5, 5.41) is 12.5. The first-order valence-electron chi connectivity index (χ1n) is 10.6. The molecule has 2 saturated heterocycles. The van der Waals surface area contributed by atoms with Crippen molar-refractivity contribution in [1.82, 2.24) is 15.3 Å². The number of benzene rings is 1. The highest BCUT2D eigenvalue weighted by Crippen LogP contribution is 2.28. The maximum Gasteiger partial charge on any atom is 0.223 e. The molecule has 8 heteroatoms. The Bertz CT molecular complexity index is 855. The van der Waals surface area contributed by atoms with E-state index in [1.54, 1.807) is 18.5 Å². The highest BCUT2D eigenvalue weighted by molar-refractivity contribution is 5.79. The Balaban J connectivity index is 1.30. The predicted molar refractivity (Wildman–Crippen MR) is 113 cm³/mol. The summed E-state index contributed by atoms with van der Waals surface area (Å²) in [6, 6.07) is 8.30. The smallest absolute Gasteiger partial charge is 0.223 e. The number of anilines is 2. The van der Waals surface area contributed by atoms with Gasteiger partial charge in [-0.3, -0.25) is 4.79 Å². The fourth-order valence-electron chi connectivity index (χ4n) is 4.30. The van der Waals surface area contributed by atoms with Gasteiger partial charge in [-0.1, -0.05) is 12.1 Å². The van der Waals surface area contributed by atoms with E-state index in [1.807, 2.05) is 6.07 Å². The minimum Gasteiger partial charge on any atom is -0.394 e. The van der Waals surface area contributed by atoms with Gasteiger partial charge in [0.05, 0.1) is 12.6 Å². The van der Waals surface area contributed by atoms with Crippen LogP contribution in [0.1, 0.15) is 31.2 Å². The maximum absolute atomic E-state index is 13.0. The molecule has 1 aromatic heterocycles. The van der Waals surface area contributed by atoms with Crippen LogP contribution in [0.15, 0.2) is 36.7 Å². The van der Waals surface area contributed by atoms with Crippen molar-refractivity contribution in [2.75, 3.05) is 36.0 Å². The first-order chi connectivity index (χ1) is 14.6. The van der Waals surface area contributed by atoms with Crippen molar-refractivity contribution in [2.45, 2.75) is 38.3 Å². The van der Waals surface area contributed by atoms with Crippen LogP contribution in [-0.4, -0.2) is 53.3 Å². The standard InChI is InChI=1S/C22H28FN5O2/c23-18-5-3-16(4-6-18)13-24-22(30)17-7-10-27(11-8-17)20-12-21(26-15-25-20)28-9-1-2-19(28)14-29/h3-6,12,15,17,19,29H,1-2,7-11,13-14H2,(H,24,30). The SMILES string of the molecule is O=C(NCc1ccc(F)cc1)C1CCN(c2cc(N3CCCC3CO)ncn2)CC1. The lowest BCUT2D eigenvalue weighted by Gasteiger charge is -2.33. The number of carbonyl (C=O) groups excluding carboxylic acids is 1. The molecule has 30 heavy (non-hydrogen) atoms. The minimum atomic E-state index is -0.276. The first-order valence-corrected chi connectivity index (χ1v) is 10.6. The topological polar surface area (TPSA) is 81.6 Å². The second-order valence-corrected chi connectivity index (χ2v) is 8.01. The molecule has 3 heterocycles. The summed E-state index contributed by atoms with van der Waals surface area (Å²) < 4.78 is 13.0. The fourth-order valence-corrected chi connectivity index (χ4v) is 4.30. The summed E-state index contributed by atoms with van der Waals surface area (Å²) in [6.45, 7) is 2.97. The molecule has 0 saturated carbocycles. The van der Waals surface area contributed by atoms with E-state index < -0.39 is 0 Å². The zero-order chi connectivity index (χ0) is 20.9. The van der Waals surface area contributed by atoms with Gasteiger partial charge in [0, 0.05) is 38.2 Å². The van der Waals surface area contributed by atoms with E-state index >= 15 is 0 Å². The van der Waals surface area contributed by atoms with Crippen molar-refractivity contribution in [3.8, 4) is 0 Å². The lowest BCUT2D eigenvalue weighted by Crippen LogP contribution is -2.41. The van der Waals surface area contributed by atoms with Crippen molar-refractivity contribution in [1.29, 1.82) is 0 Å². The number of nitrogens with zero attached hydrogens (tertiary/aromatic N) is 4. The van der Waals surface area contributed by atoms with Crippen LogP contribution in [-0.2, 0) is 11.3 Å². The molecule has 0 bridgehead atoms. The number of hydrogen-bond donors (Lipinski definition) is 2. The van der Waals surface area contributed by atoms with Gasteiger partial charge in [0.1, 0.15) is 23.8 Å². The maximum atomic E-state index is 13.0. The van der Waals surface area contributed by atoms with Crippen molar-refractivity contribution < 1.29 is 14.3 Å². The molecule has 1 aromatic carbocycles. The van der Waals surface area contributed by atoms with Crippen molar-refractivity contribution >= 4 is 17.5 Å². The van der Waals surface area contributed by atoms with Gasteiger partial charge in [-0.05, 0) is 43.4 Å². The van der Waals surface area contributed by atoms with Gasteiger partial charge in [0.25, 0.3) is 0 Å². The zero-order valence-electron chi connectivity index (χ0n) is 17.0. The number of aliphatic hydroxyl groups is 1. The Morgan fingerprint density at radius 3 is 2.57 bits per heavy atom. The number of nitrogens with one attached hydrogen (secondary N) is 1. The molecule has 1 atom stereocenters. The van der Waals surface area contributed by atoms with Gasteiger partial charge in [0.15, 0.2) is 0 Å². The van der Waals surface area contributed by atoms with Crippen molar-refractivity contribution in [2.24, 2.45) is 5.92 Å². The van der Waals surface area contributed by atoms with Gasteiger partial charge >= 0.3 is 0 Å². The van der Waals surface area contributed by atoms with Gasteiger partial charge in [-0.15, -0.1) is 0 Å². The van der Waals surface area contributed by atoms with E-state index in [0.29, 0.717) is 6.54 Å². The molecule has 2 fully saturated rings. The number of aromatic nitrogens is 2.